The average molecular weight is 922 g/mol. The van der Waals surface area contributed by atoms with Crippen molar-refractivity contribution in [3.63, 3.8) is 0 Å². The highest BCUT2D eigenvalue weighted by Crippen LogP contribution is 2.48. The maximum absolute atomic E-state index is 5.61. The number of hydrogen-bond donors (Lipinski definition) is 0. The lowest BCUT2D eigenvalue weighted by Gasteiger charge is -2.17. The van der Waals surface area contributed by atoms with Crippen LogP contribution in [0.15, 0.2) is 237 Å². The molecule has 15 aromatic rings. The lowest BCUT2D eigenvalue weighted by molar-refractivity contribution is 1.08. The first-order chi connectivity index (χ1) is 35.2. The lowest BCUT2D eigenvalue weighted by Crippen LogP contribution is -2.02. The summed E-state index contributed by atoms with van der Waals surface area (Å²) in [4.78, 5) is 16.5. The summed E-state index contributed by atoms with van der Waals surface area (Å²) in [6.07, 6.45) is 0. The summed E-state index contributed by atoms with van der Waals surface area (Å²) in [7, 11) is 0. The van der Waals surface area contributed by atoms with Gasteiger partial charge < -0.3 is 9.13 Å². The van der Waals surface area contributed by atoms with Crippen LogP contribution in [0.3, 0.4) is 0 Å². The third-order valence-electron chi connectivity index (χ3n) is 14.3. The molecule has 0 radical (unpaired) electrons. The zero-order valence-electron chi connectivity index (χ0n) is 38.2. The molecule has 5 nitrogen and oxygen atoms in total. The fraction of sp³-hybridized carbons (Fsp3) is 0. The molecular formula is C65H39N5S. The van der Waals surface area contributed by atoms with Crippen LogP contribution in [0.25, 0.3) is 142 Å². The summed E-state index contributed by atoms with van der Waals surface area (Å²) in [5, 5.41) is 12.0. The number of rotatable bonds is 6. The van der Waals surface area contributed by atoms with Crippen molar-refractivity contribution in [3.8, 4) is 56.7 Å². The number of nitrogens with zero attached hydrogens (tertiary/aromatic N) is 5. The minimum Gasteiger partial charge on any atom is -0.309 e. The number of para-hydroxylation sites is 3. The Morgan fingerprint density at radius 1 is 0.296 bits per heavy atom. The quantitative estimate of drug-likeness (QED) is 0.167. The molecule has 0 atom stereocenters. The van der Waals surface area contributed by atoms with Gasteiger partial charge in [-0.3, -0.25) is 0 Å². The fourth-order valence-electron chi connectivity index (χ4n) is 11.2. The lowest BCUT2D eigenvalue weighted by atomic mass is 9.91. The molecule has 4 aromatic heterocycles. The van der Waals surface area contributed by atoms with Crippen LogP contribution in [-0.2, 0) is 0 Å². The molecule has 15 rings (SSSR count). The molecule has 0 amide bonds. The second kappa shape index (κ2) is 15.7. The predicted octanol–water partition coefficient (Wildman–Crippen LogP) is 17.4. The van der Waals surface area contributed by atoms with E-state index >= 15 is 0 Å². The van der Waals surface area contributed by atoms with Crippen molar-refractivity contribution in [3.05, 3.63) is 237 Å². The molecule has 0 bridgehead atoms. The largest absolute Gasteiger partial charge is 0.309 e. The highest BCUT2D eigenvalue weighted by molar-refractivity contribution is 7.26. The molecule has 330 valence electrons. The van der Waals surface area contributed by atoms with Crippen LogP contribution in [-0.4, -0.2) is 24.1 Å². The zero-order chi connectivity index (χ0) is 46.6. The first-order valence-corrected chi connectivity index (χ1v) is 24.8. The summed E-state index contributed by atoms with van der Waals surface area (Å²) < 4.78 is 7.30. The van der Waals surface area contributed by atoms with Crippen molar-refractivity contribution in [2.75, 3.05) is 0 Å². The molecule has 0 saturated heterocycles. The topological polar surface area (TPSA) is 48.5 Å². The van der Waals surface area contributed by atoms with Gasteiger partial charge in [-0.15, -0.1) is 11.3 Å². The van der Waals surface area contributed by atoms with Gasteiger partial charge in [0.15, 0.2) is 17.5 Å². The molecule has 0 fully saturated rings. The van der Waals surface area contributed by atoms with Crippen molar-refractivity contribution < 1.29 is 0 Å². The molecule has 0 saturated carbocycles. The molecular weight excluding hydrogens is 883 g/mol. The highest BCUT2D eigenvalue weighted by Gasteiger charge is 2.24. The van der Waals surface area contributed by atoms with Gasteiger partial charge in [-0.25, -0.2) is 15.0 Å². The van der Waals surface area contributed by atoms with Gasteiger partial charge >= 0.3 is 0 Å². The third-order valence-corrected chi connectivity index (χ3v) is 15.5. The van der Waals surface area contributed by atoms with Crippen molar-refractivity contribution >= 4 is 96.7 Å². The molecule has 0 N–H and O–H groups in total. The second-order valence-electron chi connectivity index (χ2n) is 18.3. The molecule has 0 aliphatic rings. The van der Waals surface area contributed by atoms with E-state index in [1.54, 1.807) is 0 Å². The van der Waals surface area contributed by atoms with Crippen LogP contribution < -0.4 is 0 Å². The van der Waals surface area contributed by atoms with Gasteiger partial charge in [0.1, 0.15) is 0 Å². The molecule has 0 aliphatic carbocycles. The number of benzene rings is 11. The SMILES string of the molecule is c1ccc(-c2nc(-c3ccc(-n4c5ccccc5c5cc6ccccc6cc54)cc3-c3cc4ccccc4c4sc5ccccc5c34)nc(-c3cccc4c3c3ccccc3n4-c3ccccc3)n2)cc1. The average Bonchev–Trinajstić information content (AvgIpc) is 4.11. The van der Waals surface area contributed by atoms with Crippen molar-refractivity contribution in [1.29, 1.82) is 0 Å². The Bertz CT molecular complexity index is 4640. The van der Waals surface area contributed by atoms with Gasteiger partial charge in [0.05, 0.1) is 22.1 Å². The Hall–Kier alpha value is -9.23. The van der Waals surface area contributed by atoms with Crippen LogP contribution in [0, 0.1) is 0 Å². The number of hydrogen-bond acceptors (Lipinski definition) is 4. The van der Waals surface area contributed by atoms with E-state index in [4.69, 9.17) is 15.0 Å². The van der Waals surface area contributed by atoms with Crippen LogP contribution >= 0.6 is 11.3 Å². The minimum atomic E-state index is 0.605. The van der Waals surface area contributed by atoms with Crippen LogP contribution in [0.2, 0.25) is 0 Å². The summed E-state index contributed by atoms with van der Waals surface area (Å²) in [5.74, 6) is 1.83. The van der Waals surface area contributed by atoms with Crippen molar-refractivity contribution in [2.24, 2.45) is 0 Å². The van der Waals surface area contributed by atoms with Crippen molar-refractivity contribution in [1.82, 2.24) is 24.1 Å². The van der Waals surface area contributed by atoms with E-state index in [9.17, 15) is 0 Å². The first kappa shape index (κ1) is 39.7. The van der Waals surface area contributed by atoms with Gasteiger partial charge in [0.2, 0.25) is 0 Å². The third kappa shape index (κ3) is 6.15. The van der Waals surface area contributed by atoms with Crippen molar-refractivity contribution in [2.45, 2.75) is 0 Å². The number of aromatic nitrogens is 5. The monoisotopic (exact) mass is 921 g/mol. The smallest absolute Gasteiger partial charge is 0.164 e. The minimum absolute atomic E-state index is 0.605. The molecule has 0 unspecified atom stereocenters. The zero-order valence-corrected chi connectivity index (χ0v) is 39.0. The molecule has 4 heterocycles. The van der Waals surface area contributed by atoms with Crippen LogP contribution in [0.1, 0.15) is 0 Å². The van der Waals surface area contributed by atoms with Gasteiger partial charge in [-0.2, -0.15) is 0 Å². The molecule has 71 heavy (non-hydrogen) atoms. The van der Waals surface area contributed by atoms with E-state index in [0.29, 0.717) is 17.5 Å². The Morgan fingerprint density at radius 3 is 1.69 bits per heavy atom. The van der Waals surface area contributed by atoms with E-state index in [1.807, 2.05) is 17.4 Å². The van der Waals surface area contributed by atoms with E-state index in [1.165, 1.54) is 52.5 Å². The molecule has 11 aromatic carbocycles. The fourth-order valence-corrected chi connectivity index (χ4v) is 12.5. The van der Waals surface area contributed by atoms with E-state index in [-0.39, 0.29) is 0 Å². The van der Waals surface area contributed by atoms with E-state index in [2.05, 4.69) is 240 Å². The van der Waals surface area contributed by atoms with E-state index < -0.39 is 0 Å². The molecule has 0 aliphatic heterocycles. The Kier molecular flexibility index (Phi) is 8.76. The summed E-state index contributed by atoms with van der Waals surface area (Å²) >= 11 is 1.86. The van der Waals surface area contributed by atoms with E-state index in [0.717, 1.165) is 72.0 Å². The maximum Gasteiger partial charge on any atom is 0.164 e. The van der Waals surface area contributed by atoms with Gasteiger partial charge in [0, 0.05) is 69.8 Å². The van der Waals surface area contributed by atoms with Gasteiger partial charge in [-0.1, -0.05) is 164 Å². The Balaban J connectivity index is 1.06. The van der Waals surface area contributed by atoms with Gasteiger partial charge in [0.25, 0.3) is 0 Å². The van der Waals surface area contributed by atoms with Gasteiger partial charge in [-0.05, 0) is 105 Å². The summed E-state index contributed by atoms with van der Waals surface area (Å²) in [5.41, 5.74) is 11.6. The van der Waals surface area contributed by atoms with Crippen LogP contribution in [0.4, 0.5) is 0 Å². The normalized spacial score (nSPS) is 11.9. The second-order valence-corrected chi connectivity index (χ2v) is 19.4. The Morgan fingerprint density at radius 2 is 0.887 bits per heavy atom. The number of thiophene rings is 1. The summed E-state index contributed by atoms with van der Waals surface area (Å²) in [6, 6.07) is 85.1. The summed E-state index contributed by atoms with van der Waals surface area (Å²) in [6.45, 7) is 0. The van der Waals surface area contributed by atoms with Crippen LogP contribution in [0.5, 0.6) is 0 Å². The standard InChI is InChI=1S/C65H39N5S/c1-3-18-40(19-4-1)63-66-64(68-65(67-63)51-29-17-32-57-60(51)49-27-12-15-31-56(49)69(57)44-23-5-2-6-24-44)48-35-34-45(70-55-30-14-11-26-47(55)53-36-41-20-7-8-21-42(41)38-58(53)70)39-52(48)54-37-43-22-9-10-25-46(43)62-61(54)50-28-13-16-33-59(50)71-62/h1-39H. The predicted molar refractivity (Wildman–Crippen MR) is 298 cm³/mol. The number of fused-ring (bicyclic) bond motifs is 12. The molecule has 6 heteroatoms. The maximum atomic E-state index is 5.61. The molecule has 0 spiro atoms. The Labute approximate surface area is 411 Å². The highest BCUT2D eigenvalue weighted by atomic mass is 32.1. The first-order valence-electron chi connectivity index (χ1n) is 24.0.